The average molecular weight is 435 g/mol. The van der Waals surface area contributed by atoms with E-state index in [4.69, 9.17) is 0 Å². The van der Waals surface area contributed by atoms with Gasteiger partial charge in [-0.25, -0.2) is 0 Å². The minimum absolute atomic E-state index is 0.0385. The monoisotopic (exact) mass is 434 g/mol. The predicted octanol–water partition coefficient (Wildman–Crippen LogP) is 7.02. The molecule has 0 bridgehead atoms. The van der Waals surface area contributed by atoms with Gasteiger partial charge in [-0.2, -0.15) is 10.5 Å². The van der Waals surface area contributed by atoms with Gasteiger partial charge in [0.05, 0.1) is 18.1 Å². The third-order valence-corrected chi connectivity index (χ3v) is 7.44. The van der Waals surface area contributed by atoms with Crippen LogP contribution in [0.2, 0.25) is 0 Å². The lowest BCUT2D eigenvalue weighted by molar-refractivity contribution is 0.574. The highest BCUT2D eigenvalue weighted by molar-refractivity contribution is 6.04. The maximum Gasteiger partial charge on any atom is 0.116 e. The normalized spacial score (nSPS) is 22.5. The Kier molecular flexibility index (Phi) is 4.68. The van der Waals surface area contributed by atoms with Gasteiger partial charge in [0, 0.05) is 5.92 Å². The molecule has 0 heterocycles. The lowest BCUT2D eigenvalue weighted by Crippen LogP contribution is -2.35. The van der Waals surface area contributed by atoms with Crippen molar-refractivity contribution in [3.63, 3.8) is 0 Å². The van der Waals surface area contributed by atoms with Crippen molar-refractivity contribution in [1.82, 2.24) is 0 Å². The van der Waals surface area contributed by atoms with Crippen molar-refractivity contribution in [3.8, 4) is 12.1 Å². The molecular formula is C32H22N2. The molecule has 0 spiro atoms. The van der Waals surface area contributed by atoms with Crippen molar-refractivity contribution in [2.24, 2.45) is 0 Å². The van der Waals surface area contributed by atoms with Gasteiger partial charge in [0.25, 0.3) is 0 Å². The first-order chi connectivity index (χ1) is 16.8. The Labute approximate surface area is 200 Å². The molecule has 2 nitrogen and oxygen atoms in total. The Hall–Kier alpha value is -4.40. The summed E-state index contributed by atoms with van der Waals surface area (Å²) in [6.07, 6.45) is 0.775. The van der Waals surface area contributed by atoms with Gasteiger partial charge in [-0.05, 0) is 50.9 Å². The second-order valence-corrected chi connectivity index (χ2v) is 9.05. The van der Waals surface area contributed by atoms with Gasteiger partial charge in [-0.3, -0.25) is 0 Å². The number of rotatable bonds is 3. The molecule has 4 aromatic carbocycles. The molecule has 0 amide bonds. The average Bonchev–Trinajstić information content (AvgIpc) is 3.26. The summed E-state index contributed by atoms with van der Waals surface area (Å²) >= 11 is 0. The summed E-state index contributed by atoms with van der Waals surface area (Å²) in [7, 11) is 0. The van der Waals surface area contributed by atoms with Crippen molar-refractivity contribution >= 4 is 11.1 Å². The van der Waals surface area contributed by atoms with E-state index in [-0.39, 0.29) is 5.92 Å². The number of hydrogen-bond acceptors (Lipinski definition) is 2. The summed E-state index contributed by atoms with van der Waals surface area (Å²) < 4.78 is 0. The number of benzene rings is 4. The molecule has 0 aliphatic heterocycles. The smallest absolute Gasteiger partial charge is 0.116 e. The standard InChI is InChI=1S/C32H22N2/c33-20-27-26-18-10-17-25-19-28(22-11-4-1-5-12-22)32(21-34,30(25)26)31(24-15-8-3-9-16-24)29(27)23-13-6-2-7-14-23/h1-18,27-28H,19H2/t27-,28-,32+/m0/s1. The highest BCUT2D eigenvalue weighted by atomic mass is 14.6. The van der Waals surface area contributed by atoms with E-state index in [1.54, 1.807) is 0 Å². The first-order valence-electron chi connectivity index (χ1n) is 11.6. The fourth-order valence-electron chi connectivity index (χ4n) is 6.16. The third-order valence-electron chi connectivity index (χ3n) is 7.44. The largest absolute Gasteiger partial charge is 0.197 e. The zero-order valence-electron chi connectivity index (χ0n) is 18.6. The summed E-state index contributed by atoms with van der Waals surface area (Å²) in [4.78, 5) is 0. The van der Waals surface area contributed by atoms with E-state index in [1.807, 2.05) is 48.5 Å². The fourth-order valence-corrected chi connectivity index (χ4v) is 6.16. The molecule has 160 valence electrons. The van der Waals surface area contributed by atoms with Crippen LogP contribution in [0.3, 0.4) is 0 Å². The second-order valence-electron chi connectivity index (χ2n) is 9.05. The SMILES string of the molecule is N#C[C@@H]1C(c2ccccc2)=C(c2ccccc2)[C@@]2(C#N)c3c(cccc31)C[C@H]2c1ccccc1. The minimum atomic E-state index is -0.882. The molecule has 0 fully saturated rings. The summed E-state index contributed by atoms with van der Waals surface area (Å²) in [5.74, 6) is -0.480. The van der Waals surface area contributed by atoms with Crippen LogP contribution >= 0.6 is 0 Å². The van der Waals surface area contributed by atoms with E-state index < -0.39 is 11.3 Å². The maximum absolute atomic E-state index is 11.1. The van der Waals surface area contributed by atoms with Crippen LogP contribution in [-0.2, 0) is 11.8 Å². The van der Waals surface area contributed by atoms with Crippen molar-refractivity contribution in [1.29, 1.82) is 10.5 Å². The molecule has 0 saturated carbocycles. The Morgan fingerprint density at radius 2 is 1.29 bits per heavy atom. The van der Waals surface area contributed by atoms with Crippen LogP contribution in [0.15, 0.2) is 109 Å². The van der Waals surface area contributed by atoms with E-state index in [2.05, 4.69) is 72.8 Å². The Morgan fingerprint density at radius 3 is 1.91 bits per heavy atom. The topological polar surface area (TPSA) is 47.6 Å². The van der Waals surface area contributed by atoms with Crippen LogP contribution in [0.5, 0.6) is 0 Å². The second kappa shape index (κ2) is 7.87. The molecular weight excluding hydrogens is 412 g/mol. The van der Waals surface area contributed by atoms with Gasteiger partial charge in [0.1, 0.15) is 5.41 Å². The lowest BCUT2D eigenvalue weighted by Gasteiger charge is -2.41. The number of nitrogens with zero attached hydrogens (tertiary/aromatic N) is 2. The molecule has 0 saturated heterocycles. The van der Waals surface area contributed by atoms with Crippen LogP contribution in [0.4, 0.5) is 0 Å². The molecule has 3 atom stereocenters. The molecule has 0 radical (unpaired) electrons. The first-order valence-corrected chi connectivity index (χ1v) is 11.6. The van der Waals surface area contributed by atoms with Crippen LogP contribution < -0.4 is 0 Å². The molecule has 34 heavy (non-hydrogen) atoms. The van der Waals surface area contributed by atoms with Gasteiger partial charge < -0.3 is 0 Å². The Bertz CT molecular complexity index is 1490. The van der Waals surface area contributed by atoms with Crippen molar-refractivity contribution < 1.29 is 0 Å². The van der Waals surface area contributed by atoms with Crippen molar-refractivity contribution in [3.05, 3.63) is 143 Å². The minimum Gasteiger partial charge on any atom is -0.197 e. The predicted molar refractivity (Wildman–Crippen MR) is 135 cm³/mol. The fraction of sp³-hybridized carbons (Fsp3) is 0.125. The van der Waals surface area contributed by atoms with Gasteiger partial charge in [0.15, 0.2) is 0 Å². The highest BCUT2D eigenvalue weighted by Gasteiger charge is 2.56. The van der Waals surface area contributed by atoms with E-state index in [9.17, 15) is 10.5 Å². The third kappa shape index (κ3) is 2.73. The lowest BCUT2D eigenvalue weighted by atomic mass is 9.58. The molecule has 0 N–H and O–H groups in total. The van der Waals surface area contributed by atoms with Crippen LogP contribution in [-0.4, -0.2) is 0 Å². The summed E-state index contributed by atoms with van der Waals surface area (Å²) in [6, 6.07) is 42.4. The first kappa shape index (κ1) is 20.2. The molecule has 2 aliphatic rings. The van der Waals surface area contributed by atoms with Gasteiger partial charge in [-0.15, -0.1) is 0 Å². The highest BCUT2D eigenvalue weighted by Crippen LogP contribution is 2.63. The summed E-state index contributed by atoms with van der Waals surface area (Å²) in [5.41, 5.74) is 7.38. The zero-order valence-corrected chi connectivity index (χ0v) is 18.6. The van der Waals surface area contributed by atoms with Crippen LogP contribution in [0.1, 0.15) is 45.2 Å². The molecule has 0 unspecified atom stereocenters. The molecule has 0 aromatic heterocycles. The summed E-state index contributed by atoms with van der Waals surface area (Å²) in [5, 5.41) is 21.6. The maximum atomic E-state index is 11.1. The number of hydrogen-bond donors (Lipinski definition) is 0. The van der Waals surface area contributed by atoms with Crippen molar-refractivity contribution in [2.75, 3.05) is 0 Å². The van der Waals surface area contributed by atoms with E-state index in [0.29, 0.717) is 0 Å². The molecule has 6 rings (SSSR count). The summed E-state index contributed by atoms with van der Waals surface area (Å²) in [6.45, 7) is 0. The molecule has 2 aliphatic carbocycles. The van der Waals surface area contributed by atoms with Gasteiger partial charge >= 0.3 is 0 Å². The Balaban J connectivity index is 1.80. The number of nitriles is 2. The Morgan fingerprint density at radius 1 is 0.676 bits per heavy atom. The van der Waals surface area contributed by atoms with Gasteiger partial charge in [0.2, 0.25) is 0 Å². The van der Waals surface area contributed by atoms with Crippen LogP contribution in [0, 0.1) is 22.7 Å². The number of allylic oxidation sites excluding steroid dienone is 2. The molecule has 4 aromatic rings. The van der Waals surface area contributed by atoms with E-state index >= 15 is 0 Å². The van der Waals surface area contributed by atoms with E-state index in [1.165, 1.54) is 5.56 Å². The van der Waals surface area contributed by atoms with Crippen LogP contribution in [0.25, 0.3) is 11.1 Å². The zero-order chi connectivity index (χ0) is 23.1. The quantitative estimate of drug-likeness (QED) is 0.348. The van der Waals surface area contributed by atoms with E-state index in [0.717, 1.165) is 45.4 Å². The molecule has 2 heteroatoms. The van der Waals surface area contributed by atoms with Gasteiger partial charge in [-0.1, -0.05) is 109 Å². The van der Waals surface area contributed by atoms with Crippen molar-refractivity contribution in [2.45, 2.75) is 23.7 Å².